The molecule has 86 valence electrons. The summed E-state index contributed by atoms with van der Waals surface area (Å²) in [6.45, 7) is 3.42. The third-order valence-electron chi connectivity index (χ3n) is 1.83. The number of nitrogens with zero attached hydrogens (tertiary/aromatic N) is 1. The Balaban J connectivity index is 3.45. The number of hydrogen-bond acceptors (Lipinski definition) is 3. The number of benzene rings is 1. The summed E-state index contributed by atoms with van der Waals surface area (Å²) in [5.41, 5.74) is -0.279. The van der Waals surface area contributed by atoms with E-state index in [0.717, 1.165) is 6.07 Å². The van der Waals surface area contributed by atoms with Gasteiger partial charge in [-0.3, -0.25) is 10.1 Å². The number of rotatable bonds is 3. The number of phenolic OH excluding ortho intramolecular Hbond substituents is 1. The van der Waals surface area contributed by atoms with Crippen molar-refractivity contribution in [3.05, 3.63) is 43.4 Å². The minimum atomic E-state index is -0.686. The van der Waals surface area contributed by atoms with Gasteiger partial charge in [-0.15, -0.1) is 0 Å². The molecule has 0 unspecified atom stereocenters. The molecule has 7 heteroatoms. The minimum absolute atomic E-state index is 0.00756. The lowest BCUT2D eigenvalue weighted by molar-refractivity contribution is -0.384. The number of halogens is 3. The van der Waals surface area contributed by atoms with Crippen molar-refractivity contribution in [2.75, 3.05) is 0 Å². The maximum absolute atomic E-state index is 10.6. The van der Waals surface area contributed by atoms with Crippen LogP contribution in [-0.4, -0.2) is 10.0 Å². The highest BCUT2D eigenvalue weighted by molar-refractivity contribution is 6.37. The zero-order valence-corrected chi connectivity index (χ0v) is 10.1. The Hall–Kier alpha value is -0.970. The van der Waals surface area contributed by atoms with Crippen molar-refractivity contribution in [2.45, 2.75) is 6.42 Å². The van der Waals surface area contributed by atoms with Crippen LogP contribution >= 0.6 is 34.8 Å². The topological polar surface area (TPSA) is 63.4 Å². The molecule has 0 aliphatic carbocycles. The Kier molecular flexibility index (Phi) is 4.02. The van der Waals surface area contributed by atoms with Crippen LogP contribution in [0.25, 0.3) is 0 Å². The number of phenols is 1. The van der Waals surface area contributed by atoms with Gasteiger partial charge in [0.05, 0.1) is 9.95 Å². The molecule has 0 radical (unpaired) electrons. The van der Waals surface area contributed by atoms with Gasteiger partial charge in [0, 0.05) is 23.1 Å². The van der Waals surface area contributed by atoms with E-state index in [9.17, 15) is 15.2 Å². The zero-order valence-electron chi connectivity index (χ0n) is 7.84. The largest absolute Gasteiger partial charge is 0.506 e. The highest BCUT2D eigenvalue weighted by Gasteiger charge is 2.22. The van der Waals surface area contributed by atoms with Crippen LogP contribution < -0.4 is 0 Å². The molecule has 0 aliphatic rings. The van der Waals surface area contributed by atoms with Gasteiger partial charge in [-0.05, 0) is 0 Å². The lowest BCUT2D eigenvalue weighted by Gasteiger charge is -2.08. The summed E-state index contributed by atoms with van der Waals surface area (Å²) in [5, 5.41) is 20.1. The Morgan fingerprint density at radius 2 is 2.12 bits per heavy atom. The number of hydrogen-bond donors (Lipinski definition) is 1. The molecule has 0 heterocycles. The van der Waals surface area contributed by atoms with Crippen LogP contribution in [0, 0.1) is 10.1 Å². The van der Waals surface area contributed by atoms with Crippen LogP contribution in [-0.2, 0) is 6.42 Å². The average molecular weight is 283 g/mol. The maximum Gasteiger partial charge on any atom is 0.289 e. The molecule has 0 amide bonds. The zero-order chi connectivity index (χ0) is 12.5. The summed E-state index contributed by atoms with van der Waals surface area (Å²) in [4.78, 5) is 9.96. The van der Waals surface area contributed by atoms with Crippen molar-refractivity contribution in [3.63, 3.8) is 0 Å². The molecule has 0 fully saturated rings. The predicted octanol–water partition coefficient (Wildman–Crippen LogP) is 3.90. The first-order chi connectivity index (χ1) is 7.34. The third kappa shape index (κ3) is 2.58. The Bertz CT molecular complexity index is 474. The van der Waals surface area contributed by atoms with Crippen LogP contribution in [0.3, 0.4) is 0 Å². The molecule has 0 aromatic heterocycles. The Labute approximate surface area is 106 Å². The van der Waals surface area contributed by atoms with Crippen molar-refractivity contribution < 1.29 is 10.0 Å². The van der Waals surface area contributed by atoms with Gasteiger partial charge in [0.1, 0.15) is 10.8 Å². The lowest BCUT2D eigenvalue weighted by atomic mass is 10.1. The van der Waals surface area contributed by atoms with E-state index in [1.165, 1.54) is 0 Å². The Morgan fingerprint density at radius 3 is 2.56 bits per heavy atom. The first-order valence-electron chi connectivity index (χ1n) is 4.02. The third-order valence-corrected chi connectivity index (χ3v) is 2.67. The van der Waals surface area contributed by atoms with E-state index in [4.69, 9.17) is 34.8 Å². The van der Waals surface area contributed by atoms with Crippen molar-refractivity contribution in [1.82, 2.24) is 0 Å². The van der Waals surface area contributed by atoms with Crippen molar-refractivity contribution in [2.24, 2.45) is 0 Å². The van der Waals surface area contributed by atoms with Gasteiger partial charge < -0.3 is 5.11 Å². The normalized spacial score (nSPS) is 10.2. The second kappa shape index (κ2) is 4.91. The molecule has 0 saturated heterocycles. The fraction of sp³-hybridized carbons (Fsp3) is 0.111. The minimum Gasteiger partial charge on any atom is -0.506 e. The van der Waals surface area contributed by atoms with Gasteiger partial charge in [-0.2, -0.15) is 0 Å². The molecule has 1 N–H and O–H groups in total. The summed E-state index contributed by atoms with van der Waals surface area (Å²) in [5.74, 6) is -0.320. The van der Waals surface area contributed by atoms with Gasteiger partial charge in [-0.25, -0.2) is 0 Å². The first-order valence-corrected chi connectivity index (χ1v) is 5.15. The maximum atomic E-state index is 10.6. The Morgan fingerprint density at radius 1 is 1.56 bits per heavy atom. The van der Waals surface area contributed by atoms with Crippen LogP contribution in [0.5, 0.6) is 5.75 Å². The highest BCUT2D eigenvalue weighted by Crippen LogP contribution is 2.40. The van der Waals surface area contributed by atoms with Gasteiger partial charge in [-0.1, -0.05) is 41.4 Å². The molecule has 16 heavy (non-hydrogen) atoms. The van der Waals surface area contributed by atoms with E-state index >= 15 is 0 Å². The molecular formula is C9H6Cl3NO3. The van der Waals surface area contributed by atoms with E-state index in [2.05, 4.69) is 6.58 Å². The fourth-order valence-electron chi connectivity index (χ4n) is 1.14. The first kappa shape index (κ1) is 13.1. The van der Waals surface area contributed by atoms with Crippen LogP contribution in [0.4, 0.5) is 5.69 Å². The molecule has 0 aliphatic heterocycles. The van der Waals surface area contributed by atoms with Crippen molar-refractivity contribution in [3.8, 4) is 5.75 Å². The standard InChI is InChI=1S/C9H6Cl3NO3/c1-4(10)2-5-8(12)7(13(15)16)3-6(11)9(5)14/h3,14H,1-2H2. The molecule has 1 aromatic rings. The highest BCUT2D eigenvalue weighted by atomic mass is 35.5. The second-order valence-electron chi connectivity index (χ2n) is 2.97. The van der Waals surface area contributed by atoms with Crippen LogP contribution in [0.1, 0.15) is 5.56 Å². The lowest BCUT2D eigenvalue weighted by Crippen LogP contribution is -1.95. The molecule has 0 spiro atoms. The monoisotopic (exact) mass is 281 g/mol. The summed E-state index contributed by atoms with van der Waals surface area (Å²) in [7, 11) is 0. The van der Waals surface area contributed by atoms with Gasteiger partial charge >= 0.3 is 0 Å². The summed E-state index contributed by atoms with van der Waals surface area (Å²) in [6.07, 6.45) is 0.00756. The second-order valence-corrected chi connectivity index (χ2v) is 4.29. The fourth-order valence-corrected chi connectivity index (χ4v) is 1.77. The number of nitro benzene ring substituents is 1. The van der Waals surface area contributed by atoms with Crippen LogP contribution in [0.2, 0.25) is 10.0 Å². The predicted molar refractivity (Wildman–Crippen MR) is 63.5 cm³/mol. The molecule has 0 atom stereocenters. The van der Waals surface area contributed by atoms with E-state index in [1.54, 1.807) is 0 Å². The van der Waals surface area contributed by atoms with Gasteiger partial charge in [0.25, 0.3) is 5.69 Å². The summed E-state index contributed by atoms with van der Waals surface area (Å²) >= 11 is 17.0. The molecule has 4 nitrogen and oxygen atoms in total. The van der Waals surface area contributed by atoms with Crippen molar-refractivity contribution >= 4 is 40.5 Å². The number of nitro groups is 1. The van der Waals surface area contributed by atoms with E-state index < -0.39 is 4.92 Å². The SMILES string of the molecule is C=C(Cl)Cc1c(O)c(Cl)cc([N+](=O)[O-])c1Cl. The van der Waals surface area contributed by atoms with Gasteiger partial charge in [0.2, 0.25) is 0 Å². The quantitative estimate of drug-likeness (QED) is 0.675. The van der Waals surface area contributed by atoms with E-state index in [-0.39, 0.29) is 38.5 Å². The van der Waals surface area contributed by atoms with E-state index in [0.29, 0.717) is 0 Å². The van der Waals surface area contributed by atoms with Crippen LogP contribution in [0.15, 0.2) is 17.7 Å². The van der Waals surface area contributed by atoms with Crippen molar-refractivity contribution in [1.29, 1.82) is 0 Å². The van der Waals surface area contributed by atoms with Gasteiger partial charge in [0.15, 0.2) is 0 Å². The molecule has 1 rings (SSSR count). The molecule has 0 saturated carbocycles. The molecule has 0 bridgehead atoms. The smallest absolute Gasteiger partial charge is 0.289 e. The molecular weight excluding hydrogens is 276 g/mol. The average Bonchev–Trinajstić information content (AvgIpc) is 2.17. The van der Waals surface area contributed by atoms with E-state index in [1.807, 2.05) is 0 Å². The summed E-state index contributed by atoms with van der Waals surface area (Å²) < 4.78 is 0. The number of aromatic hydroxyl groups is 1. The molecule has 1 aromatic carbocycles. The number of allylic oxidation sites excluding steroid dienone is 1. The summed E-state index contributed by atoms with van der Waals surface area (Å²) in [6, 6.07) is 0.986.